The van der Waals surface area contributed by atoms with Crippen molar-refractivity contribution in [2.24, 2.45) is 5.92 Å². The van der Waals surface area contributed by atoms with E-state index in [9.17, 15) is 13.6 Å². The van der Waals surface area contributed by atoms with Crippen LogP contribution < -0.4 is 5.32 Å². The molecule has 1 amide bonds. The number of rotatable bonds is 2. The second-order valence-electron chi connectivity index (χ2n) is 5.70. The number of amides is 1. The summed E-state index contributed by atoms with van der Waals surface area (Å²) in [7, 11) is 0. The minimum absolute atomic E-state index is 0.0924. The zero-order valence-corrected chi connectivity index (χ0v) is 11.4. The monoisotopic (exact) mass is 280 g/mol. The van der Waals surface area contributed by atoms with E-state index in [0.29, 0.717) is 18.5 Å². The van der Waals surface area contributed by atoms with Gasteiger partial charge in [-0.1, -0.05) is 6.07 Å². The summed E-state index contributed by atoms with van der Waals surface area (Å²) in [6, 6.07) is 3.79. The lowest BCUT2D eigenvalue weighted by molar-refractivity contribution is -0.135. The molecule has 0 aromatic heterocycles. The molecule has 0 radical (unpaired) electrons. The Balaban J connectivity index is 1.70. The third kappa shape index (κ3) is 2.42. The van der Waals surface area contributed by atoms with E-state index in [0.717, 1.165) is 19.2 Å². The Kier molecular flexibility index (Phi) is 3.46. The number of hydrogen-bond acceptors (Lipinski definition) is 2. The number of halogens is 2. The molecule has 1 saturated carbocycles. The predicted molar refractivity (Wildman–Crippen MR) is 71.3 cm³/mol. The molecule has 3 rings (SSSR count). The number of nitrogens with one attached hydrogen (secondary N) is 1. The molecular formula is C15H18F2N2O. The van der Waals surface area contributed by atoms with Gasteiger partial charge in [0.05, 0.1) is 0 Å². The van der Waals surface area contributed by atoms with E-state index in [1.807, 2.05) is 11.8 Å². The molecule has 5 heteroatoms. The van der Waals surface area contributed by atoms with Gasteiger partial charge in [0, 0.05) is 37.7 Å². The molecular weight excluding hydrogens is 262 g/mol. The van der Waals surface area contributed by atoms with E-state index < -0.39 is 11.6 Å². The van der Waals surface area contributed by atoms with Gasteiger partial charge < -0.3 is 10.2 Å². The normalized spacial score (nSPS) is 29.4. The maximum Gasteiger partial charge on any atom is 0.226 e. The van der Waals surface area contributed by atoms with Crippen molar-refractivity contribution in [3.63, 3.8) is 0 Å². The molecule has 2 fully saturated rings. The molecule has 3 atom stereocenters. The van der Waals surface area contributed by atoms with Crippen molar-refractivity contribution in [1.29, 1.82) is 0 Å². The van der Waals surface area contributed by atoms with Crippen molar-refractivity contribution in [3.8, 4) is 0 Å². The highest BCUT2D eigenvalue weighted by atomic mass is 19.1. The van der Waals surface area contributed by atoms with Gasteiger partial charge in [-0.15, -0.1) is 0 Å². The lowest BCUT2D eigenvalue weighted by atomic mass is 10.1. The molecule has 1 heterocycles. The zero-order valence-electron chi connectivity index (χ0n) is 11.4. The van der Waals surface area contributed by atoms with Crippen LogP contribution in [0.25, 0.3) is 0 Å². The standard InChI is InChI=1S/C15H18F2N2O/c1-9-8-18-4-5-19(9)15(20)13-7-12(13)11-3-2-10(16)6-14(11)17/h2-3,6,9,12-13,18H,4-5,7-8H2,1H3/t9-,12?,13?/m1/s1. The highest BCUT2D eigenvalue weighted by Gasteiger charge is 2.47. The van der Waals surface area contributed by atoms with Crippen LogP contribution in [0.15, 0.2) is 18.2 Å². The lowest BCUT2D eigenvalue weighted by Gasteiger charge is -2.34. The Bertz CT molecular complexity index is 535. The van der Waals surface area contributed by atoms with Crippen molar-refractivity contribution in [2.75, 3.05) is 19.6 Å². The second-order valence-corrected chi connectivity index (χ2v) is 5.70. The van der Waals surface area contributed by atoms with E-state index in [4.69, 9.17) is 0 Å². The van der Waals surface area contributed by atoms with Crippen molar-refractivity contribution < 1.29 is 13.6 Å². The van der Waals surface area contributed by atoms with Gasteiger partial charge in [-0.25, -0.2) is 8.78 Å². The Morgan fingerprint density at radius 1 is 1.40 bits per heavy atom. The average Bonchev–Trinajstić information content (AvgIpc) is 3.18. The fraction of sp³-hybridized carbons (Fsp3) is 0.533. The molecule has 3 nitrogen and oxygen atoms in total. The summed E-state index contributed by atoms with van der Waals surface area (Å²) in [5.74, 6) is -1.25. The summed E-state index contributed by atoms with van der Waals surface area (Å²) in [6.07, 6.45) is 0.665. The Hall–Kier alpha value is -1.49. The number of carbonyl (C=O) groups is 1. The lowest BCUT2D eigenvalue weighted by Crippen LogP contribution is -2.52. The van der Waals surface area contributed by atoms with E-state index in [1.54, 1.807) is 0 Å². The Morgan fingerprint density at radius 3 is 2.90 bits per heavy atom. The largest absolute Gasteiger partial charge is 0.337 e. The summed E-state index contributed by atoms with van der Waals surface area (Å²) in [6.45, 7) is 4.32. The van der Waals surface area contributed by atoms with Crippen LogP contribution in [0.2, 0.25) is 0 Å². The van der Waals surface area contributed by atoms with E-state index >= 15 is 0 Å². The maximum absolute atomic E-state index is 13.7. The first-order chi connectivity index (χ1) is 9.58. The van der Waals surface area contributed by atoms with Crippen LogP contribution in [-0.2, 0) is 4.79 Å². The molecule has 1 saturated heterocycles. The molecule has 1 aliphatic heterocycles. The van der Waals surface area contributed by atoms with Gasteiger partial charge in [0.1, 0.15) is 11.6 Å². The minimum Gasteiger partial charge on any atom is -0.337 e. The highest BCUT2D eigenvalue weighted by molar-refractivity contribution is 5.83. The van der Waals surface area contributed by atoms with Gasteiger partial charge in [-0.2, -0.15) is 0 Å². The van der Waals surface area contributed by atoms with Crippen LogP contribution in [0, 0.1) is 17.6 Å². The van der Waals surface area contributed by atoms with Crippen molar-refractivity contribution in [2.45, 2.75) is 25.3 Å². The van der Waals surface area contributed by atoms with Gasteiger partial charge in [0.15, 0.2) is 0 Å². The Labute approximate surface area is 117 Å². The zero-order chi connectivity index (χ0) is 14.3. The summed E-state index contributed by atoms with van der Waals surface area (Å²) in [5, 5.41) is 3.24. The van der Waals surface area contributed by atoms with Gasteiger partial charge in [-0.05, 0) is 30.9 Å². The number of hydrogen-bond donors (Lipinski definition) is 1. The summed E-state index contributed by atoms with van der Waals surface area (Å²) < 4.78 is 26.6. The molecule has 0 bridgehead atoms. The summed E-state index contributed by atoms with van der Waals surface area (Å²) >= 11 is 0. The number of carbonyl (C=O) groups excluding carboxylic acids is 1. The number of piperazine rings is 1. The summed E-state index contributed by atoms with van der Waals surface area (Å²) in [5.41, 5.74) is 0.465. The molecule has 0 spiro atoms. The SMILES string of the molecule is C[C@@H]1CNCCN1C(=O)C1CC1c1ccc(F)cc1F. The van der Waals surface area contributed by atoms with Crippen LogP contribution in [-0.4, -0.2) is 36.5 Å². The number of nitrogens with zero attached hydrogens (tertiary/aromatic N) is 1. The molecule has 20 heavy (non-hydrogen) atoms. The van der Waals surface area contributed by atoms with Gasteiger partial charge in [0.25, 0.3) is 0 Å². The molecule has 2 aliphatic rings. The Morgan fingerprint density at radius 2 is 2.20 bits per heavy atom. The van der Waals surface area contributed by atoms with Crippen molar-refractivity contribution in [3.05, 3.63) is 35.4 Å². The van der Waals surface area contributed by atoms with Crippen LogP contribution in [0.4, 0.5) is 8.78 Å². The molecule has 1 aromatic rings. The van der Waals surface area contributed by atoms with Gasteiger partial charge in [-0.3, -0.25) is 4.79 Å². The first-order valence-corrected chi connectivity index (χ1v) is 7.04. The van der Waals surface area contributed by atoms with Crippen molar-refractivity contribution >= 4 is 5.91 Å². The summed E-state index contributed by atoms with van der Waals surface area (Å²) in [4.78, 5) is 14.3. The van der Waals surface area contributed by atoms with Crippen LogP contribution in [0.5, 0.6) is 0 Å². The first-order valence-electron chi connectivity index (χ1n) is 7.04. The second kappa shape index (κ2) is 5.13. The van der Waals surface area contributed by atoms with E-state index in [2.05, 4.69) is 5.32 Å². The fourth-order valence-corrected chi connectivity index (χ4v) is 3.00. The van der Waals surface area contributed by atoms with Crippen LogP contribution in [0.3, 0.4) is 0 Å². The third-order valence-corrected chi connectivity index (χ3v) is 4.25. The van der Waals surface area contributed by atoms with Crippen LogP contribution in [0.1, 0.15) is 24.8 Å². The maximum atomic E-state index is 13.7. The smallest absolute Gasteiger partial charge is 0.226 e. The first kappa shape index (κ1) is 13.5. The number of benzene rings is 1. The van der Waals surface area contributed by atoms with Gasteiger partial charge in [0.2, 0.25) is 5.91 Å². The fourth-order valence-electron chi connectivity index (χ4n) is 3.00. The highest BCUT2D eigenvalue weighted by Crippen LogP contribution is 2.49. The third-order valence-electron chi connectivity index (χ3n) is 4.25. The predicted octanol–water partition coefficient (Wildman–Crippen LogP) is 1.89. The quantitative estimate of drug-likeness (QED) is 0.897. The average molecular weight is 280 g/mol. The van der Waals surface area contributed by atoms with E-state index in [-0.39, 0.29) is 23.8 Å². The van der Waals surface area contributed by atoms with E-state index in [1.165, 1.54) is 12.1 Å². The molecule has 1 N–H and O–H groups in total. The molecule has 1 aliphatic carbocycles. The van der Waals surface area contributed by atoms with Crippen molar-refractivity contribution in [1.82, 2.24) is 10.2 Å². The minimum atomic E-state index is -0.578. The van der Waals surface area contributed by atoms with Crippen LogP contribution >= 0.6 is 0 Å². The topological polar surface area (TPSA) is 32.3 Å². The molecule has 2 unspecified atom stereocenters. The van der Waals surface area contributed by atoms with Gasteiger partial charge >= 0.3 is 0 Å². The molecule has 1 aromatic carbocycles. The molecule has 108 valence electrons.